The summed E-state index contributed by atoms with van der Waals surface area (Å²) in [4.78, 5) is 11.9. The predicted octanol–water partition coefficient (Wildman–Crippen LogP) is 1.82. The number of carbonyl (C=O) groups is 1. The third-order valence-electron chi connectivity index (χ3n) is 2.81. The lowest BCUT2D eigenvalue weighted by Gasteiger charge is -2.08. The van der Waals surface area contributed by atoms with Gasteiger partial charge in [0.05, 0.1) is 12.8 Å². The Morgan fingerprint density at radius 3 is 2.74 bits per heavy atom. The third-order valence-corrected chi connectivity index (χ3v) is 2.81. The van der Waals surface area contributed by atoms with Gasteiger partial charge in [0.25, 0.3) is 5.91 Å². The van der Waals surface area contributed by atoms with Crippen LogP contribution in [0, 0.1) is 0 Å². The van der Waals surface area contributed by atoms with Crippen molar-refractivity contribution < 1.29 is 14.3 Å². The summed E-state index contributed by atoms with van der Waals surface area (Å²) >= 11 is 0. The number of nitrogens with one attached hydrogen (secondary N) is 1. The van der Waals surface area contributed by atoms with E-state index in [2.05, 4.69) is 5.32 Å². The first-order chi connectivity index (χ1) is 9.19. The summed E-state index contributed by atoms with van der Waals surface area (Å²) < 4.78 is 10.0. The number of amides is 1. The van der Waals surface area contributed by atoms with Crippen molar-refractivity contribution in [2.75, 3.05) is 33.1 Å². The molecular weight excluding hydrogens is 244 g/mol. The predicted molar refractivity (Wildman–Crippen MR) is 75.5 cm³/mol. The van der Waals surface area contributed by atoms with Gasteiger partial charge in [0, 0.05) is 25.8 Å². The zero-order valence-corrected chi connectivity index (χ0v) is 11.6. The van der Waals surface area contributed by atoms with Crippen LogP contribution in [0.25, 0.3) is 0 Å². The molecule has 0 aliphatic carbocycles. The summed E-state index contributed by atoms with van der Waals surface area (Å²) in [6, 6.07) is 5.01. The summed E-state index contributed by atoms with van der Waals surface area (Å²) in [6.45, 7) is 1.43. The van der Waals surface area contributed by atoms with Crippen molar-refractivity contribution >= 4 is 11.6 Å². The second-order valence-electron chi connectivity index (χ2n) is 4.27. The Morgan fingerprint density at radius 1 is 1.26 bits per heavy atom. The van der Waals surface area contributed by atoms with Crippen molar-refractivity contribution in [1.29, 1.82) is 0 Å². The van der Waals surface area contributed by atoms with Crippen LogP contribution >= 0.6 is 0 Å². The second kappa shape index (κ2) is 8.37. The third kappa shape index (κ3) is 5.18. The Morgan fingerprint density at radius 2 is 2.05 bits per heavy atom. The second-order valence-corrected chi connectivity index (χ2v) is 4.27. The Hall–Kier alpha value is -1.75. The molecule has 106 valence electrons. The Labute approximate surface area is 114 Å². The summed E-state index contributed by atoms with van der Waals surface area (Å²) in [5, 5.41) is 2.87. The number of carbonyl (C=O) groups excluding carboxylic acids is 1. The van der Waals surface area contributed by atoms with E-state index in [9.17, 15) is 4.79 Å². The summed E-state index contributed by atoms with van der Waals surface area (Å²) in [5.41, 5.74) is 6.78. The summed E-state index contributed by atoms with van der Waals surface area (Å²) in [5.74, 6) is 0.415. The molecule has 0 radical (unpaired) electrons. The van der Waals surface area contributed by atoms with Crippen LogP contribution in [0.15, 0.2) is 18.2 Å². The molecule has 0 saturated carbocycles. The van der Waals surface area contributed by atoms with Crippen molar-refractivity contribution in [3.05, 3.63) is 23.8 Å². The smallest absolute Gasteiger partial charge is 0.251 e. The lowest BCUT2D eigenvalue weighted by molar-refractivity contribution is 0.0952. The molecule has 0 fully saturated rings. The molecule has 0 aromatic heterocycles. The van der Waals surface area contributed by atoms with Gasteiger partial charge in [-0.25, -0.2) is 0 Å². The first-order valence-corrected chi connectivity index (χ1v) is 6.39. The molecular formula is C14H22N2O3. The topological polar surface area (TPSA) is 73.6 Å². The Bertz CT molecular complexity index is 408. The number of nitrogen functional groups attached to an aromatic ring is 1. The molecule has 1 amide bonds. The zero-order chi connectivity index (χ0) is 14.1. The highest BCUT2D eigenvalue weighted by atomic mass is 16.5. The molecule has 0 bridgehead atoms. The standard InChI is InChI=1S/C14H22N2O3/c1-18-9-5-3-4-8-16-14(17)11-6-7-12(15)13(10-11)19-2/h6-7,10H,3-5,8-9,15H2,1-2H3,(H,16,17). The largest absolute Gasteiger partial charge is 0.495 e. The van der Waals surface area contributed by atoms with Crippen LogP contribution in [0.5, 0.6) is 5.75 Å². The highest BCUT2D eigenvalue weighted by Crippen LogP contribution is 2.21. The van der Waals surface area contributed by atoms with Gasteiger partial charge >= 0.3 is 0 Å². The highest BCUT2D eigenvalue weighted by molar-refractivity contribution is 5.95. The highest BCUT2D eigenvalue weighted by Gasteiger charge is 2.08. The summed E-state index contributed by atoms with van der Waals surface area (Å²) in [6.07, 6.45) is 3.00. The normalized spacial score (nSPS) is 10.2. The molecule has 0 heterocycles. The van der Waals surface area contributed by atoms with Crippen molar-refractivity contribution in [3.8, 4) is 5.75 Å². The van der Waals surface area contributed by atoms with Gasteiger partial charge in [0.15, 0.2) is 0 Å². The molecule has 5 heteroatoms. The number of hydrogen-bond acceptors (Lipinski definition) is 4. The Balaban J connectivity index is 2.37. The number of unbranched alkanes of at least 4 members (excludes halogenated alkanes) is 2. The van der Waals surface area contributed by atoms with Gasteiger partial charge in [0.2, 0.25) is 0 Å². The van der Waals surface area contributed by atoms with Gasteiger partial charge < -0.3 is 20.5 Å². The van der Waals surface area contributed by atoms with Gasteiger partial charge in [-0.1, -0.05) is 0 Å². The molecule has 1 aromatic carbocycles. The minimum Gasteiger partial charge on any atom is -0.495 e. The van der Waals surface area contributed by atoms with E-state index in [1.807, 2.05) is 0 Å². The molecule has 0 saturated heterocycles. The molecule has 0 atom stereocenters. The van der Waals surface area contributed by atoms with Crippen LogP contribution in [0.4, 0.5) is 5.69 Å². The van der Waals surface area contributed by atoms with Crippen LogP contribution in [0.3, 0.4) is 0 Å². The molecule has 19 heavy (non-hydrogen) atoms. The van der Waals surface area contributed by atoms with E-state index < -0.39 is 0 Å². The lowest BCUT2D eigenvalue weighted by atomic mass is 10.1. The van der Waals surface area contributed by atoms with Crippen molar-refractivity contribution in [1.82, 2.24) is 5.32 Å². The molecule has 0 aliphatic heterocycles. The van der Waals surface area contributed by atoms with E-state index in [1.54, 1.807) is 25.3 Å². The van der Waals surface area contributed by atoms with Crippen molar-refractivity contribution in [3.63, 3.8) is 0 Å². The number of hydrogen-bond donors (Lipinski definition) is 2. The average Bonchev–Trinajstić information content (AvgIpc) is 2.43. The molecule has 1 rings (SSSR count). The first-order valence-electron chi connectivity index (χ1n) is 6.39. The number of nitrogens with two attached hydrogens (primary N) is 1. The lowest BCUT2D eigenvalue weighted by Crippen LogP contribution is -2.24. The van der Waals surface area contributed by atoms with Gasteiger partial charge in [-0.3, -0.25) is 4.79 Å². The van der Waals surface area contributed by atoms with Crippen molar-refractivity contribution in [2.45, 2.75) is 19.3 Å². The number of anilines is 1. The van der Waals surface area contributed by atoms with E-state index in [1.165, 1.54) is 7.11 Å². The number of rotatable bonds is 8. The van der Waals surface area contributed by atoms with E-state index in [0.29, 0.717) is 23.5 Å². The number of ether oxygens (including phenoxy) is 2. The molecule has 0 unspecified atom stereocenters. The Kier molecular flexibility index (Phi) is 6.74. The minimum atomic E-state index is -0.106. The fourth-order valence-corrected chi connectivity index (χ4v) is 1.70. The van der Waals surface area contributed by atoms with E-state index in [0.717, 1.165) is 25.9 Å². The van der Waals surface area contributed by atoms with E-state index >= 15 is 0 Å². The van der Waals surface area contributed by atoms with E-state index in [-0.39, 0.29) is 5.91 Å². The summed E-state index contributed by atoms with van der Waals surface area (Å²) in [7, 11) is 3.22. The molecule has 3 N–H and O–H groups in total. The van der Waals surface area contributed by atoms with Crippen LogP contribution in [-0.2, 0) is 4.74 Å². The zero-order valence-electron chi connectivity index (χ0n) is 11.6. The maximum Gasteiger partial charge on any atom is 0.251 e. The first kappa shape index (κ1) is 15.3. The van der Waals surface area contributed by atoms with Crippen molar-refractivity contribution in [2.24, 2.45) is 0 Å². The van der Waals surface area contributed by atoms with E-state index in [4.69, 9.17) is 15.2 Å². The van der Waals surface area contributed by atoms with Gasteiger partial charge in [-0.2, -0.15) is 0 Å². The molecule has 5 nitrogen and oxygen atoms in total. The maximum atomic E-state index is 11.9. The van der Waals surface area contributed by atoms with Crippen LogP contribution in [0.2, 0.25) is 0 Å². The minimum absolute atomic E-state index is 0.106. The SMILES string of the molecule is COCCCCCNC(=O)c1ccc(N)c(OC)c1. The number of benzene rings is 1. The quantitative estimate of drug-likeness (QED) is 0.556. The van der Waals surface area contributed by atoms with Crippen LogP contribution < -0.4 is 15.8 Å². The fourth-order valence-electron chi connectivity index (χ4n) is 1.70. The maximum absolute atomic E-state index is 11.9. The molecule has 1 aromatic rings. The molecule has 0 aliphatic rings. The van der Waals surface area contributed by atoms with Gasteiger partial charge in [-0.15, -0.1) is 0 Å². The van der Waals surface area contributed by atoms with Crippen LogP contribution in [0.1, 0.15) is 29.6 Å². The monoisotopic (exact) mass is 266 g/mol. The van der Waals surface area contributed by atoms with Gasteiger partial charge in [-0.05, 0) is 37.5 Å². The van der Waals surface area contributed by atoms with Gasteiger partial charge in [0.1, 0.15) is 5.75 Å². The average molecular weight is 266 g/mol. The number of methoxy groups -OCH3 is 2. The van der Waals surface area contributed by atoms with Crippen LogP contribution in [-0.4, -0.2) is 33.3 Å². The molecule has 0 spiro atoms. The fraction of sp³-hybridized carbons (Fsp3) is 0.500.